The van der Waals surface area contributed by atoms with Crippen LogP contribution in [0.4, 0.5) is 5.69 Å². The van der Waals surface area contributed by atoms with E-state index in [9.17, 15) is 13.2 Å². The molecule has 0 saturated heterocycles. The van der Waals surface area contributed by atoms with Crippen LogP contribution in [0.5, 0.6) is 0 Å². The van der Waals surface area contributed by atoms with E-state index in [1.165, 1.54) is 12.1 Å². The highest BCUT2D eigenvalue weighted by Crippen LogP contribution is 2.25. The number of rotatable bonds is 7. The van der Waals surface area contributed by atoms with Crippen LogP contribution in [0.15, 0.2) is 88.5 Å². The maximum Gasteiger partial charge on any atom is 0.264 e. The maximum atomic E-state index is 13.2. The fourth-order valence-corrected chi connectivity index (χ4v) is 4.24. The van der Waals surface area contributed by atoms with E-state index in [1.54, 1.807) is 60.9 Å². The standard InChI is InChI=1S/C20H18BrN3O3S/c21-17-8-10-18(11-9-17)24(28(26,27)19-6-2-1-3-7-19)15-20(25)23-14-16-5-4-12-22-13-16/h1-13H,14-15H2,(H,23,25). The Morgan fingerprint density at radius 1 is 1.00 bits per heavy atom. The molecule has 1 aromatic heterocycles. The van der Waals surface area contributed by atoms with Crippen molar-refractivity contribution in [2.24, 2.45) is 0 Å². The fraction of sp³-hybridized carbons (Fsp3) is 0.100. The van der Waals surface area contributed by atoms with E-state index in [0.717, 1.165) is 14.3 Å². The summed E-state index contributed by atoms with van der Waals surface area (Å²) in [6.07, 6.45) is 3.29. The molecule has 0 fully saturated rings. The SMILES string of the molecule is O=C(CN(c1ccc(Br)cc1)S(=O)(=O)c1ccccc1)NCc1cccnc1. The molecular formula is C20H18BrN3O3S. The molecule has 3 rings (SSSR count). The Kier molecular flexibility index (Phi) is 6.43. The molecule has 0 unspecified atom stereocenters. The Balaban J connectivity index is 1.84. The maximum absolute atomic E-state index is 13.2. The lowest BCUT2D eigenvalue weighted by atomic mass is 10.3. The van der Waals surface area contributed by atoms with E-state index in [4.69, 9.17) is 0 Å². The third-order valence-corrected chi connectivity index (χ3v) is 6.26. The summed E-state index contributed by atoms with van der Waals surface area (Å²) in [4.78, 5) is 16.6. The number of sulfonamides is 1. The Morgan fingerprint density at radius 2 is 1.71 bits per heavy atom. The number of pyridine rings is 1. The molecule has 0 saturated carbocycles. The second-order valence-electron chi connectivity index (χ2n) is 5.94. The first kappa shape index (κ1) is 20.0. The van der Waals surface area contributed by atoms with Crippen molar-refractivity contribution in [3.05, 3.63) is 89.2 Å². The summed E-state index contributed by atoms with van der Waals surface area (Å²) in [5.41, 5.74) is 1.24. The van der Waals surface area contributed by atoms with Gasteiger partial charge in [-0.15, -0.1) is 0 Å². The van der Waals surface area contributed by atoms with Gasteiger partial charge in [0.05, 0.1) is 10.6 Å². The van der Waals surface area contributed by atoms with Crippen LogP contribution in [-0.4, -0.2) is 25.9 Å². The van der Waals surface area contributed by atoms with E-state index in [0.29, 0.717) is 5.69 Å². The van der Waals surface area contributed by atoms with E-state index in [1.807, 2.05) is 6.07 Å². The van der Waals surface area contributed by atoms with Gasteiger partial charge in [-0.25, -0.2) is 8.42 Å². The number of amides is 1. The second-order valence-corrected chi connectivity index (χ2v) is 8.72. The lowest BCUT2D eigenvalue weighted by Gasteiger charge is -2.24. The van der Waals surface area contributed by atoms with Crippen LogP contribution >= 0.6 is 15.9 Å². The van der Waals surface area contributed by atoms with Crippen LogP contribution in [0.25, 0.3) is 0 Å². The molecule has 144 valence electrons. The summed E-state index contributed by atoms with van der Waals surface area (Å²) in [6.45, 7) is -0.0641. The first-order valence-corrected chi connectivity index (χ1v) is 10.7. The van der Waals surface area contributed by atoms with Gasteiger partial charge in [-0.1, -0.05) is 40.2 Å². The van der Waals surface area contributed by atoms with Crippen molar-refractivity contribution in [2.75, 3.05) is 10.8 Å². The highest BCUT2D eigenvalue weighted by Gasteiger charge is 2.27. The molecule has 0 aliphatic rings. The number of hydrogen-bond donors (Lipinski definition) is 1. The highest BCUT2D eigenvalue weighted by atomic mass is 79.9. The van der Waals surface area contributed by atoms with E-state index in [-0.39, 0.29) is 18.0 Å². The third kappa shape index (κ3) is 4.96. The minimum Gasteiger partial charge on any atom is -0.350 e. The molecule has 0 atom stereocenters. The van der Waals surface area contributed by atoms with Crippen molar-refractivity contribution in [1.29, 1.82) is 0 Å². The van der Waals surface area contributed by atoms with Gasteiger partial charge in [0.15, 0.2) is 0 Å². The average molecular weight is 460 g/mol. The van der Waals surface area contributed by atoms with Gasteiger partial charge in [0.2, 0.25) is 5.91 Å². The molecule has 0 aliphatic carbocycles. The molecule has 0 spiro atoms. The molecule has 0 aliphatic heterocycles. The van der Waals surface area contributed by atoms with Crippen molar-refractivity contribution in [1.82, 2.24) is 10.3 Å². The van der Waals surface area contributed by atoms with Gasteiger partial charge in [-0.05, 0) is 48.0 Å². The zero-order valence-corrected chi connectivity index (χ0v) is 17.2. The molecule has 3 aromatic rings. The Hall–Kier alpha value is -2.71. The molecule has 0 radical (unpaired) electrons. The summed E-state index contributed by atoms with van der Waals surface area (Å²) >= 11 is 3.34. The first-order valence-electron chi connectivity index (χ1n) is 8.46. The topological polar surface area (TPSA) is 79.4 Å². The second kappa shape index (κ2) is 8.99. The number of nitrogens with one attached hydrogen (secondary N) is 1. The molecule has 1 heterocycles. The highest BCUT2D eigenvalue weighted by molar-refractivity contribution is 9.10. The van der Waals surface area contributed by atoms with Gasteiger partial charge < -0.3 is 5.32 Å². The van der Waals surface area contributed by atoms with E-state index in [2.05, 4.69) is 26.2 Å². The summed E-state index contributed by atoms with van der Waals surface area (Å²) in [6, 6.07) is 18.4. The summed E-state index contributed by atoms with van der Waals surface area (Å²) in [5, 5.41) is 2.74. The Morgan fingerprint density at radius 3 is 2.36 bits per heavy atom. The van der Waals surface area contributed by atoms with Gasteiger partial charge in [0.1, 0.15) is 6.54 Å². The number of nitrogens with zero attached hydrogens (tertiary/aromatic N) is 2. The summed E-state index contributed by atoms with van der Waals surface area (Å²) in [5.74, 6) is -0.411. The predicted molar refractivity (Wildman–Crippen MR) is 111 cm³/mol. The van der Waals surface area contributed by atoms with Gasteiger partial charge in [0, 0.05) is 23.4 Å². The molecule has 2 aromatic carbocycles. The predicted octanol–water partition coefficient (Wildman–Crippen LogP) is 3.36. The number of benzene rings is 2. The molecule has 28 heavy (non-hydrogen) atoms. The molecule has 1 N–H and O–H groups in total. The van der Waals surface area contributed by atoms with Crippen molar-refractivity contribution >= 4 is 37.5 Å². The quantitative estimate of drug-likeness (QED) is 0.587. The first-order chi connectivity index (χ1) is 13.5. The van der Waals surface area contributed by atoms with Gasteiger partial charge >= 0.3 is 0 Å². The Labute approximate surface area is 172 Å². The smallest absolute Gasteiger partial charge is 0.264 e. The summed E-state index contributed by atoms with van der Waals surface area (Å²) in [7, 11) is -3.90. The molecule has 0 bridgehead atoms. The summed E-state index contributed by atoms with van der Waals surface area (Å²) < 4.78 is 28.2. The van der Waals surface area contributed by atoms with Gasteiger partial charge in [0.25, 0.3) is 10.0 Å². The van der Waals surface area contributed by atoms with Crippen LogP contribution in [0.3, 0.4) is 0 Å². The van der Waals surface area contributed by atoms with Crippen molar-refractivity contribution in [3.8, 4) is 0 Å². The van der Waals surface area contributed by atoms with Crippen molar-refractivity contribution < 1.29 is 13.2 Å². The minimum atomic E-state index is -3.90. The molecule has 8 heteroatoms. The Bertz CT molecular complexity index is 1030. The number of carbonyl (C=O) groups is 1. The number of aromatic nitrogens is 1. The number of anilines is 1. The monoisotopic (exact) mass is 459 g/mol. The van der Waals surface area contributed by atoms with Crippen molar-refractivity contribution in [2.45, 2.75) is 11.4 Å². The van der Waals surface area contributed by atoms with E-state index >= 15 is 0 Å². The fourth-order valence-electron chi connectivity index (χ4n) is 2.53. The van der Waals surface area contributed by atoms with Crippen LogP contribution in [0.2, 0.25) is 0 Å². The lowest BCUT2D eigenvalue weighted by Crippen LogP contribution is -2.40. The zero-order chi connectivity index (χ0) is 20.0. The lowest BCUT2D eigenvalue weighted by molar-refractivity contribution is -0.119. The van der Waals surface area contributed by atoms with Crippen LogP contribution in [0, 0.1) is 0 Å². The number of hydrogen-bond acceptors (Lipinski definition) is 4. The number of halogens is 1. The largest absolute Gasteiger partial charge is 0.350 e. The van der Waals surface area contributed by atoms with Crippen LogP contribution < -0.4 is 9.62 Å². The van der Waals surface area contributed by atoms with Gasteiger partial charge in [-0.2, -0.15) is 0 Å². The molecule has 6 nitrogen and oxygen atoms in total. The number of carbonyl (C=O) groups excluding carboxylic acids is 1. The van der Waals surface area contributed by atoms with Gasteiger partial charge in [-0.3, -0.25) is 14.1 Å². The van der Waals surface area contributed by atoms with Crippen LogP contribution in [-0.2, 0) is 21.4 Å². The zero-order valence-electron chi connectivity index (χ0n) is 14.8. The van der Waals surface area contributed by atoms with Crippen molar-refractivity contribution in [3.63, 3.8) is 0 Å². The minimum absolute atomic E-state index is 0.123. The molecule has 1 amide bonds. The molecular weight excluding hydrogens is 442 g/mol. The third-order valence-electron chi connectivity index (χ3n) is 3.95. The van der Waals surface area contributed by atoms with Crippen LogP contribution in [0.1, 0.15) is 5.56 Å². The normalized spacial score (nSPS) is 11.0. The van der Waals surface area contributed by atoms with E-state index < -0.39 is 15.9 Å². The average Bonchev–Trinajstić information content (AvgIpc) is 2.72.